The monoisotopic (exact) mass is 162 g/mol. The lowest BCUT2D eigenvalue weighted by Crippen LogP contribution is -1.93. The summed E-state index contributed by atoms with van der Waals surface area (Å²) in [4.78, 5) is 0. The highest BCUT2D eigenvalue weighted by Gasteiger charge is 1.97. The number of anilines is 1. The first-order valence-electron chi connectivity index (χ1n) is 2.53. The van der Waals surface area contributed by atoms with Crippen LogP contribution in [0.4, 0.5) is 5.82 Å². The molecule has 0 bridgehead atoms. The van der Waals surface area contributed by atoms with E-state index in [2.05, 4.69) is 14.4 Å². The maximum absolute atomic E-state index is 10.0. The summed E-state index contributed by atoms with van der Waals surface area (Å²) in [5, 5.41) is 3.39. The number of nitrogens with one attached hydrogen (secondary N) is 1. The fraction of sp³-hybridized carbons (Fsp3) is 0.250. The number of rotatable bonds is 2. The van der Waals surface area contributed by atoms with Crippen LogP contribution in [0.5, 0.6) is 0 Å². The number of thiol groups is 1. The molecular weight excluding hydrogens is 156 g/mol. The Morgan fingerprint density at radius 3 is 2.80 bits per heavy atom. The van der Waals surface area contributed by atoms with Gasteiger partial charge in [0.25, 0.3) is 0 Å². The highest BCUT2D eigenvalue weighted by molar-refractivity contribution is 7.73. The first-order chi connectivity index (χ1) is 4.68. The molecule has 0 fully saturated rings. The molecule has 1 aromatic heterocycles. The summed E-state index contributed by atoms with van der Waals surface area (Å²) in [5.74, 6) is 0.785. The van der Waals surface area contributed by atoms with Gasteiger partial charge < -0.3 is 4.52 Å². The minimum absolute atomic E-state index is 0.216. The molecule has 10 heavy (non-hydrogen) atoms. The van der Waals surface area contributed by atoms with Crippen molar-refractivity contribution < 1.29 is 12.9 Å². The third-order valence-corrected chi connectivity index (χ3v) is 1.25. The molecule has 56 valence electrons. The van der Waals surface area contributed by atoms with Crippen LogP contribution in [0.2, 0.25) is 0 Å². The second-order valence-electron chi connectivity index (χ2n) is 1.69. The zero-order valence-corrected chi connectivity index (χ0v) is 6.09. The van der Waals surface area contributed by atoms with Crippen LogP contribution in [0.1, 0.15) is 5.76 Å². The molecule has 0 saturated heterocycles. The maximum Gasteiger partial charge on any atom is 0.223 e. The zero-order chi connectivity index (χ0) is 7.56. The standard InChI is InChI=1S/C4H6N2O3S/c1-3-2-4(5-9-3)6-10(7)8/h2,10H,1H3,(H,5,6,7,8). The van der Waals surface area contributed by atoms with Crippen molar-refractivity contribution in [2.24, 2.45) is 0 Å². The first kappa shape index (κ1) is 7.07. The Kier molecular flexibility index (Phi) is 1.91. The van der Waals surface area contributed by atoms with Crippen molar-refractivity contribution in [1.29, 1.82) is 0 Å². The van der Waals surface area contributed by atoms with Gasteiger partial charge in [0.1, 0.15) is 5.76 Å². The van der Waals surface area contributed by atoms with Crippen molar-refractivity contribution in [3.05, 3.63) is 11.8 Å². The van der Waals surface area contributed by atoms with E-state index in [1.165, 1.54) is 6.07 Å². The highest BCUT2D eigenvalue weighted by atomic mass is 32.2. The molecule has 0 aliphatic rings. The molecule has 6 heteroatoms. The van der Waals surface area contributed by atoms with E-state index in [4.69, 9.17) is 0 Å². The predicted molar refractivity (Wildman–Crippen MR) is 35.2 cm³/mol. The van der Waals surface area contributed by atoms with E-state index in [0.717, 1.165) is 0 Å². The van der Waals surface area contributed by atoms with Crippen molar-refractivity contribution in [2.45, 2.75) is 6.92 Å². The molecule has 0 aliphatic carbocycles. The minimum Gasteiger partial charge on any atom is -0.360 e. The number of aryl methyl sites for hydroxylation is 1. The average molecular weight is 162 g/mol. The molecule has 0 saturated carbocycles. The van der Waals surface area contributed by atoms with Gasteiger partial charge in [0, 0.05) is 6.07 Å². The lowest BCUT2D eigenvalue weighted by Gasteiger charge is -1.83. The fourth-order valence-electron chi connectivity index (χ4n) is 0.513. The topological polar surface area (TPSA) is 72.2 Å². The average Bonchev–Trinajstić information content (AvgIpc) is 2.13. The van der Waals surface area contributed by atoms with Gasteiger partial charge in [-0.05, 0) is 6.92 Å². The normalized spacial score (nSPS) is 10.2. The van der Waals surface area contributed by atoms with Crippen molar-refractivity contribution in [1.82, 2.24) is 5.16 Å². The smallest absolute Gasteiger partial charge is 0.223 e. The highest BCUT2D eigenvalue weighted by Crippen LogP contribution is 2.05. The lowest BCUT2D eigenvalue weighted by atomic mass is 10.5. The summed E-state index contributed by atoms with van der Waals surface area (Å²) in [6.07, 6.45) is 0. The van der Waals surface area contributed by atoms with Gasteiger partial charge in [-0.2, -0.15) is 0 Å². The van der Waals surface area contributed by atoms with Crippen molar-refractivity contribution in [3.8, 4) is 0 Å². The lowest BCUT2D eigenvalue weighted by molar-refractivity contribution is 0.400. The van der Waals surface area contributed by atoms with Crippen LogP contribution in [0.15, 0.2) is 10.6 Å². The van der Waals surface area contributed by atoms with Gasteiger partial charge in [0.2, 0.25) is 10.9 Å². The van der Waals surface area contributed by atoms with Crippen LogP contribution >= 0.6 is 0 Å². The summed E-state index contributed by atoms with van der Waals surface area (Å²) >= 11 is 0. The molecule has 0 amide bonds. The zero-order valence-electron chi connectivity index (χ0n) is 5.20. The van der Waals surface area contributed by atoms with Crippen LogP contribution in [0.25, 0.3) is 0 Å². The van der Waals surface area contributed by atoms with Crippen molar-refractivity contribution >= 4 is 16.7 Å². The van der Waals surface area contributed by atoms with E-state index < -0.39 is 10.9 Å². The van der Waals surface area contributed by atoms with Gasteiger partial charge >= 0.3 is 0 Å². The summed E-state index contributed by atoms with van der Waals surface area (Å²) in [5.41, 5.74) is 0. The van der Waals surface area contributed by atoms with E-state index in [1.54, 1.807) is 6.92 Å². The molecule has 1 heterocycles. The van der Waals surface area contributed by atoms with Crippen LogP contribution < -0.4 is 4.72 Å². The second kappa shape index (κ2) is 2.70. The van der Waals surface area contributed by atoms with Gasteiger partial charge in [0.15, 0.2) is 5.82 Å². The predicted octanol–water partition coefficient (Wildman–Crippen LogP) is -0.0787. The Labute approximate surface area is 59.1 Å². The number of nitrogens with zero attached hydrogens (tertiary/aromatic N) is 1. The van der Waals surface area contributed by atoms with E-state index in [-0.39, 0.29) is 5.82 Å². The Balaban J connectivity index is 2.76. The van der Waals surface area contributed by atoms with Crippen LogP contribution in [-0.4, -0.2) is 13.6 Å². The van der Waals surface area contributed by atoms with E-state index in [0.29, 0.717) is 5.76 Å². The van der Waals surface area contributed by atoms with Crippen molar-refractivity contribution in [2.75, 3.05) is 4.72 Å². The van der Waals surface area contributed by atoms with E-state index in [9.17, 15) is 8.42 Å². The largest absolute Gasteiger partial charge is 0.360 e. The summed E-state index contributed by atoms with van der Waals surface area (Å²) in [7, 11) is -2.64. The Bertz CT molecular complexity index is 282. The summed E-state index contributed by atoms with van der Waals surface area (Å²) in [6, 6.07) is 1.49. The summed E-state index contributed by atoms with van der Waals surface area (Å²) < 4.78 is 26.7. The van der Waals surface area contributed by atoms with Gasteiger partial charge in [-0.15, -0.1) is 0 Å². The molecule has 0 radical (unpaired) electrons. The molecule has 1 rings (SSSR count). The SMILES string of the molecule is Cc1cc(N[SH](=O)=O)no1. The third kappa shape index (κ3) is 1.73. The van der Waals surface area contributed by atoms with Gasteiger partial charge in [-0.1, -0.05) is 5.16 Å². The fourth-order valence-corrected chi connectivity index (χ4v) is 0.805. The second-order valence-corrected chi connectivity index (χ2v) is 2.43. The molecule has 1 N–H and O–H groups in total. The van der Waals surface area contributed by atoms with Crippen LogP contribution in [0.3, 0.4) is 0 Å². The van der Waals surface area contributed by atoms with Gasteiger partial charge in [-0.25, -0.2) is 8.42 Å². The third-order valence-electron chi connectivity index (χ3n) is 0.834. The van der Waals surface area contributed by atoms with Gasteiger partial charge in [-0.3, -0.25) is 4.72 Å². The Morgan fingerprint density at radius 2 is 2.40 bits per heavy atom. The van der Waals surface area contributed by atoms with Crippen molar-refractivity contribution in [3.63, 3.8) is 0 Å². The number of hydrogen-bond donors (Lipinski definition) is 2. The summed E-state index contributed by atoms with van der Waals surface area (Å²) in [6.45, 7) is 1.68. The Morgan fingerprint density at radius 1 is 1.70 bits per heavy atom. The van der Waals surface area contributed by atoms with Gasteiger partial charge in [0.05, 0.1) is 0 Å². The molecule has 0 aliphatic heterocycles. The minimum atomic E-state index is -2.64. The molecule has 0 spiro atoms. The number of hydrogen-bond acceptors (Lipinski definition) is 4. The number of aromatic nitrogens is 1. The maximum atomic E-state index is 10.0. The molecule has 0 aromatic carbocycles. The van der Waals surface area contributed by atoms with E-state index >= 15 is 0 Å². The molecule has 1 aromatic rings. The first-order valence-corrected chi connectivity index (χ1v) is 3.70. The molecule has 0 atom stereocenters. The molecular formula is C4H6N2O3S. The van der Waals surface area contributed by atoms with Crippen LogP contribution in [-0.2, 0) is 10.9 Å². The van der Waals surface area contributed by atoms with Crippen LogP contribution in [0, 0.1) is 6.92 Å². The molecule has 5 nitrogen and oxygen atoms in total. The quantitative estimate of drug-likeness (QED) is 0.597. The Hall–Kier alpha value is -1.04. The molecule has 0 unspecified atom stereocenters. The van der Waals surface area contributed by atoms with E-state index in [1.807, 2.05) is 0 Å².